The first-order chi connectivity index (χ1) is 17.4. The summed E-state index contributed by atoms with van der Waals surface area (Å²) in [6, 6.07) is 23.4. The van der Waals surface area contributed by atoms with E-state index in [4.69, 9.17) is 0 Å². The van der Waals surface area contributed by atoms with Crippen molar-refractivity contribution in [3.8, 4) is 0 Å². The van der Waals surface area contributed by atoms with Crippen LogP contribution < -0.4 is 5.32 Å². The van der Waals surface area contributed by atoms with E-state index < -0.39 is 6.04 Å². The van der Waals surface area contributed by atoms with Crippen molar-refractivity contribution in [2.24, 2.45) is 0 Å². The van der Waals surface area contributed by atoms with Gasteiger partial charge in [-0.3, -0.25) is 9.59 Å². The van der Waals surface area contributed by atoms with Crippen molar-refractivity contribution >= 4 is 23.6 Å². The molecule has 6 heteroatoms. The highest BCUT2D eigenvalue weighted by Crippen LogP contribution is 2.21. The summed E-state index contributed by atoms with van der Waals surface area (Å²) in [4.78, 5) is 28.7. The third-order valence-corrected chi connectivity index (χ3v) is 7.28. The molecule has 0 aliphatic rings. The molecule has 3 aromatic rings. The molecule has 190 valence electrons. The van der Waals surface area contributed by atoms with Gasteiger partial charge in [0.25, 0.3) is 0 Å². The van der Waals surface area contributed by atoms with Crippen molar-refractivity contribution in [1.82, 2.24) is 10.2 Å². The molecule has 1 N–H and O–H groups in total. The molecule has 0 aromatic heterocycles. The van der Waals surface area contributed by atoms with Gasteiger partial charge in [0.2, 0.25) is 11.8 Å². The molecule has 0 spiro atoms. The number of nitrogens with zero attached hydrogens (tertiary/aromatic N) is 1. The topological polar surface area (TPSA) is 49.4 Å². The maximum absolute atomic E-state index is 14.6. The molecular weight excluding hydrogens is 471 g/mol. The Morgan fingerprint density at radius 2 is 1.58 bits per heavy atom. The van der Waals surface area contributed by atoms with Gasteiger partial charge >= 0.3 is 0 Å². The predicted molar refractivity (Wildman–Crippen MR) is 146 cm³/mol. The summed E-state index contributed by atoms with van der Waals surface area (Å²) in [6.45, 7) is 6.03. The number of hydrogen-bond donors (Lipinski definition) is 1. The van der Waals surface area contributed by atoms with Crippen molar-refractivity contribution < 1.29 is 14.0 Å². The van der Waals surface area contributed by atoms with Gasteiger partial charge in [-0.1, -0.05) is 79.7 Å². The number of thioether (sulfide) groups is 1. The van der Waals surface area contributed by atoms with E-state index in [1.165, 1.54) is 29.0 Å². The Morgan fingerprint density at radius 1 is 0.944 bits per heavy atom. The van der Waals surface area contributed by atoms with Crippen LogP contribution in [0.2, 0.25) is 0 Å². The molecule has 0 heterocycles. The number of aryl methyl sites for hydroxylation is 1. The van der Waals surface area contributed by atoms with E-state index >= 15 is 0 Å². The van der Waals surface area contributed by atoms with Crippen LogP contribution in [0.25, 0.3) is 0 Å². The second kappa shape index (κ2) is 13.8. The molecule has 2 atom stereocenters. The summed E-state index contributed by atoms with van der Waals surface area (Å²) in [7, 11) is 0. The number of nitrogens with one attached hydrogen (secondary N) is 1. The summed E-state index contributed by atoms with van der Waals surface area (Å²) in [5.41, 5.74) is 3.69. The lowest BCUT2D eigenvalue weighted by atomic mass is 10.0. The Bertz CT molecular complexity index is 1140. The number of carbonyl (C=O) groups excluding carboxylic acids is 2. The molecule has 2 amide bonds. The lowest BCUT2D eigenvalue weighted by Gasteiger charge is -2.32. The SMILES string of the molecule is CC[C@@H](C)NC(=O)[C@@H](Cc1ccccc1)N(Cc1ccccc1F)C(=O)CSCc1ccccc1C. The van der Waals surface area contributed by atoms with Gasteiger partial charge in [0.1, 0.15) is 11.9 Å². The van der Waals surface area contributed by atoms with Gasteiger partial charge in [-0.2, -0.15) is 0 Å². The van der Waals surface area contributed by atoms with Crippen LogP contribution in [0.1, 0.15) is 42.5 Å². The van der Waals surface area contributed by atoms with Crippen molar-refractivity contribution in [1.29, 1.82) is 0 Å². The van der Waals surface area contributed by atoms with Crippen molar-refractivity contribution in [2.45, 2.75) is 58.0 Å². The van der Waals surface area contributed by atoms with E-state index in [1.54, 1.807) is 23.1 Å². The zero-order chi connectivity index (χ0) is 25.9. The maximum atomic E-state index is 14.6. The number of hydrogen-bond acceptors (Lipinski definition) is 3. The van der Waals surface area contributed by atoms with Gasteiger partial charge in [-0.15, -0.1) is 11.8 Å². The first kappa shape index (κ1) is 27.5. The van der Waals surface area contributed by atoms with Gasteiger partial charge in [-0.25, -0.2) is 4.39 Å². The van der Waals surface area contributed by atoms with Gasteiger partial charge < -0.3 is 10.2 Å². The average molecular weight is 507 g/mol. The normalized spacial score (nSPS) is 12.6. The Balaban J connectivity index is 1.87. The van der Waals surface area contributed by atoms with Gasteiger partial charge in [0.15, 0.2) is 0 Å². The minimum Gasteiger partial charge on any atom is -0.352 e. The summed E-state index contributed by atoms with van der Waals surface area (Å²) >= 11 is 1.51. The Kier molecular flexibility index (Phi) is 10.6. The van der Waals surface area contributed by atoms with Crippen molar-refractivity contribution in [3.05, 3.63) is 107 Å². The maximum Gasteiger partial charge on any atom is 0.243 e. The monoisotopic (exact) mass is 506 g/mol. The number of amides is 2. The van der Waals surface area contributed by atoms with Crippen molar-refractivity contribution in [3.63, 3.8) is 0 Å². The first-order valence-corrected chi connectivity index (χ1v) is 13.5. The molecule has 0 aliphatic heterocycles. The predicted octanol–water partition coefficient (Wildman–Crippen LogP) is 5.92. The molecular formula is C30H35FN2O2S. The van der Waals surface area contributed by atoms with Crippen LogP contribution in [0.4, 0.5) is 4.39 Å². The first-order valence-electron chi connectivity index (χ1n) is 12.4. The highest BCUT2D eigenvalue weighted by Gasteiger charge is 2.31. The Hall–Kier alpha value is -3.12. The zero-order valence-electron chi connectivity index (χ0n) is 21.2. The van der Waals surface area contributed by atoms with Crippen LogP contribution in [0.5, 0.6) is 0 Å². The summed E-state index contributed by atoms with van der Waals surface area (Å²) < 4.78 is 14.6. The van der Waals surface area contributed by atoms with E-state index in [0.29, 0.717) is 17.7 Å². The fraction of sp³-hybridized carbons (Fsp3) is 0.333. The number of halogens is 1. The van der Waals surface area contributed by atoms with Crippen LogP contribution in [0.15, 0.2) is 78.9 Å². The van der Waals surface area contributed by atoms with E-state index in [0.717, 1.165) is 12.0 Å². The molecule has 0 unspecified atom stereocenters. The van der Waals surface area contributed by atoms with E-state index in [-0.39, 0.29) is 36.0 Å². The number of rotatable bonds is 12. The van der Waals surface area contributed by atoms with Crippen LogP contribution in [-0.4, -0.2) is 34.6 Å². The van der Waals surface area contributed by atoms with Crippen LogP contribution >= 0.6 is 11.8 Å². The van der Waals surface area contributed by atoms with Crippen LogP contribution in [0.3, 0.4) is 0 Å². The molecule has 0 aliphatic carbocycles. The van der Waals surface area contributed by atoms with E-state index in [9.17, 15) is 14.0 Å². The summed E-state index contributed by atoms with van der Waals surface area (Å²) in [5.74, 6) is 0.0986. The molecule has 3 rings (SSSR count). The van der Waals surface area contributed by atoms with Gasteiger partial charge in [0.05, 0.1) is 5.75 Å². The average Bonchev–Trinajstić information content (AvgIpc) is 2.88. The fourth-order valence-electron chi connectivity index (χ4n) is 3.91. The lowest BCUT2D eigenvalue weighted by molar-refractivity contribution is -0.139. The molecule has 0 bridgehead atoms. The third-order valence-electron chi connectivity index (χ3n) is 6.32. The summed E-state index contributed by atoms with van der Waals surface area (Å²) in [6.07, 6.45) is 1.13. The second-order valence-corrected chi connectivity index (χ2v) is 10.0. The third kappa shape index (κ3) is 7.95. The number of carbonyl (C=O) groups is 2. The number of benzene rings is 3. The smallest absolute Gasteiger partial charge is 0.243 e. The minimum atomic E-state index is -0.757. The van der Waals surface area contributed by atoms with Gasteiger partial charge in [-0.05, 0) is 43.0 Å². The molecule has 3 aromatic carbocycles. The van der Waals surface area contributed by atoms with E-state index in [1.807, 2.05) is 56.3 Å². The highest BCUT2D eigenvalue weighted by molar-refractivity contribution is 7.99. The fourth-order valence-corrected chi connectivity index (χ4v) is 4.89. The Morgan fingerprint density at radius 3 is 2.25 bits per heavy atom. The molecule has 0 radical (unpaired) electrons. The molecule has 4 nitrogen and oxygen atoms in total. The zero-order valence-corrected chi connectivity index (χ0v) is 22.1. The Labute approximate surface area is 218 Å². The highest BCUT2D eigenvalue weighted by atomic mass is 32.2. The van der Waals surface area contributed by atoms with Gasteiger partial charge in [0, 0.05) is 30.3 Å². The van der Waals surface area contributed by atoms with Crippen LogP contribution in [0, 0.1) is 12.7 Å². The van der Waals surface area contributed by atoms with E-state index in [2.05, 4.69) is 24.4 Å². The minimum absolute atomic E-state index is 0.0296. The van der Waals surface area contributed by atoms with Crippen molar-refractivity contribution in [2.75, 3.05) is 5.75 Å². The lowest BCUT2D eigenvalue weighted by Crippen LogP contribution is -2.52. The standard InChI is InChI=1S/C30H35FN2O2S/c1-4-23(3)32-30(35)28(18-24-13-6-5-7-14-24)33(19-25-15-10-11-17-27(25)31)29(34)21-36-20-26-16-9-8-12-22(26)2/h5-17,23,28H,4,18-21H2,1-3H3,(H,32,35)/t23-,28-/m1/s1. The molecule has 0 saturated carbocycles. The van der Waals surface area contributed by atoms with Crippen LogP contribution in [-0.2, 0) is 28.3 Å². The second-order valence-electron chi connectivity index (χ2n) is 9.06. The molecule has 36 heavy (non-hydrogen) atoms. The molecule has 0 fully saturated rings. The quantitative estimate of drug-likeness (QED) is 0.332. The largest absolute Gasteiger partial charge is 0.352 e. The molecule has 0 saturated heterocycles. The summed E-state index contributed by atoms with van der Waals surface area (Å²) in [5, 5.41) is 3.04.